The van der Waals surface area contributed by atoms with E-state index in [1.807, 2.05) is 17.5 Å². The Balaban J connectivity index is 2.26. The molecular weight excluding hydrogens is 327 g/mol. The first-order chi connectivity index (χ1) is 9.05. The third-order valence-electron chi connectivity index (χ3n) is 2.89. The second-order valence-corrected chi connectivity index (χ2v) is 6.24. The van der Waals surface area contributed by atoms with E-state index in [0.29, 0.717) is 12.1 Å². The van der Waals surface area contributed by atoms with E-state index in [4.69, 9.17) is 0 Å². The van der Waals surface area contributed by atoms with Gasteiger partial charge in [-0.05, 0) is 36.6 Å². The third-order valence-corrected chi connectivity index (χ3v) is 4.26. The lowest BCUT2D eigenvalue weighted by Crippen LogP contribution is -2.38. The fraction of sp³-hybridized carbons (Fsp3) is 0.214. The largest absolute Gasteiger partial charge is 0.291 e. The van der Waals surface area contributed by atoms with Crippen LogP contribution in [0, 0.1) is 17.1 Å². The highest BCUT2D eigenvalue weighted by Crippen LogP contribution is 2.27. The number of benzene rings is 1. The molecule has 98 valence electrons. The van der Waals surface area contributed by atoms with Crippen LogP contribution in [0.2, 0.25) is 0 Å². The van der Waals surface area contributed by atoms with E-state index in [1.165, 1.54) is 6.07 Å². The van der Waals surface area contributed by atoms with Crippen LogP contribution in [-0.4, -0.2) is 0 Å². The summed E-state index contributed by atoms with van der Waals surface area (Å²) in [4.78, 5) is 1.11. The molecule has 1 aromatic carbocycles. The van der Waals surface area contributed by atoms with E-state index < -0.39 is 5.54 Å². The molecule has 19 heavy (non-hydrogen) atoms. The zero-order chi connectivity index (χ0) is 13.9. The maximum atomic E-state index is 13.9. The molecule has 1 aromatic heterocycles. The van der Waals surface area contributed by atoms with Gasteiger partial charge in [0.05, 0.1) is 6.07 Å². The van der Waals surface area contributed by atoms with Crippen molar-refractivity contribution in [1.29, 1.82) is 5.26 Å². The number of hydrogen-bond donors (Lipinski definition) is 1. The van der Waals surface area contributed by atoms with Crippen molar-refractivity contribution in [3.8, 4) is 6.07 Å². The number of halogens is 2. The van der Waals surface area contributed by atoms with Gasteiger partial charge in [0.25, 0.3) is 0 Å². The molecule has 0 radical (unpaired) electrons. The highest BCUT2D eigenvalue weighted by molar-refractivity contribution is 9.10. The van der Waals surface area contributed by atoms with Crippen LogP contribution in [0.5, 0.6) is 0 Å². The third kappa shape index (κ3) is 3.21. The van der Waals surface area contributed by atoms with Crippen LogP contribution in [0.1, 0.15) is 17.4 Å². The second-order valence-electron chi connectivity index (χ2n) is 4.29. The zero-order valence-electron chi connectivity index (χ0n) is 10.3. The molecule has 0 aliphatic rings. The molecule has 2 rings (SSSR count). The summed E-state index contributed by atoms with van der Waals surface area (Å²) in [6, 6.07) is 10.7. The average Bonchev–Trinajstić information content (AvgIpc) is 2.92. The number of rotatable bonds is 4. The smallest absolute Gasteiger partial charge is 0.132 e. The first-order valence-corrected chi connectivity index (χ1v) is 7.36. The van der Waals surface area contributed by atoms with Gasteiger partial charge in [0.1, 0.15) is 11.4 Å². The predicted molar refractivity (Wildman–Crippen MR) is 78.2 cm³/mol. The Bertz CT molecular complexity index is 606. The highest BCUT2D eigenvalue weighted by Gasteiger charge is 2.29. The number of nitrogens with one attached hydrogen (secondary N) is 1. The molecule has 5 heteroatoms. The summed E-state index contributed by atoms with van der Waals surface area (Å²) in [5.74, 6) is -0.383. The van der Waals surface area contributed by atoms with E-state index in [0.717, 1.165) is 9.35 Å². The summed E-state index contributed by atoms with van der Waals surface area (Å²) in [5.41, 5.74) is -0.710. The first kappa shape index (κ1) is 14.2. The maximum Gasteiger partial charge on any atom is 0.132 e. The van der Waals surface area contributed by atoms with E-state index in [2.05, 4.69) is 27.3 Å². The van der Waals surface area contributed by atoms with Crippen molar-refractivity contribution in [3.05, 3.63) is 56.4 Å². The van der Waals surface area contributed by atoms with Crippen molar-refractivity contribution in [1.82, 2.24) is 5.32 Å². The average molecular weight is 339 g/mol. The van der Waals surface area contributed by atoms with Crippen molar-refractivity contribution >= 4 is 27.3 Å². The van der Waals surface area contributed by atoms with Crippen LogP contribution in [0.15, 0.2) is 40.2 Å². The summed E-state index contributed by atoms with van der Waals surface area (Å²) >= 11 is 4.91. The lowest BCUT2D eigenvalue weighted by atomic mass is 9.93. The molecule has 2 nitrogen and oxygen atoms in total. The molecule has 0 amide bonds. The van der Waals surface area contributed by atoms with E-state index in [9.17, 15) is 9.65 Å². The predicted octanol–water partition coefficient (Wildman–Crippen LogP) is 4.18. The Morgan fingerprint density at radius 2 is 2.26 bits per heavy atom. The van der Waals surface area contributed by atoms with Crippen molar-refractivity contribution in [3.63, 3.8) is 0 Å². The molecule has 1 heterocycles. The van der Waals surface area contributed by atoms with Gasteiger partial charge in [0.2, 0.25) is 0 Å². The van der Waals surface area contributed by atoms with Crippen molar-refractivity contribution in [2.75, 3.05) is 0 Å². The number of nitrogens with zero attached hydrogens (tertiary/aromatic N) is 1. The van der Waals surface area contributed by atoms with Crippen LogP contribution in [-0.2, 0) is 12.1 Å². The minimum Gasteiger partial charge on any atom is -0.291 e. The van der Waals surface area contributed by atoms with Crippen LogP contribution >= 0.6 is 27.3 Å². The molecule has 1 atom stereocenters. The molecule has 0 aliphatic heterocycles. The molecular formula is C14H12BrFN2S. The molecule has 0 bridgehead atoms. The summed E-state index contributed by atoms with van der Waals surface area (Å²) in [6.07, 6.45) is 0. The van der Waals surface area contributed by atoms with Gasteiger partial charge in [0.15, 0.2) is 0 Å². The summed E-state index contributed by atoms with van der Waals surface area (Å²) in [6.45, 7) is 2.22. The molecule has 1 unspecified atom stereocenters. The van der Waals surface area contributed by atoms with Gasteiger partial charge in [-0.2, -0.15) is 5.26 Å². The fourth-order valence-electron chi connectivity index (χ4n) is 1.75. The van der Waals surface area contributed by atoms with Gasteiger partial charge < -0.3 is 0 Å². The Labute approximate surface area is 124 Å². The van der Waals surface area contributed by atoms with Crippen LogP contribution in [0.3, 0.4) is 0 Å². The summed E-state index contributed by atoms with van der Waals surface area (Å²) < 4.78 is 14.7. The number of nitriles is 1. The van der Waals surface area contributed by atoms with E-state index in [1.54, 1.807) is 30.4 Å². The normalized spacial score (nSPS) is 13.8. The van der Waals surface area contributed by atoms with E-state index >= 15 is 0 Å². The Kier molecular flexibility index (Phi) is 4.35. The highest BCUT2D eigenvalue weighted by atomic mass is 79.9. The molecule has 0 aliphatic carbocycles. The molecule has 0 spiro atoms. The SMILES string of the molecule is CC(C#N)(NCc1cccs1)c1cc(Br)ccc1F. The summed E-state index contributed by atoms with van der Waals surface area (Å²) in [7, 11) is 0. The number of hydrogen-bond acceptors (Lipinski definition) is 3. The lowest BCUT2D eigenvalue weighted by molar-refractivity contribution is 0.441. The van der Waals surface area contributed by atoms with Crippen molar-refractivity contribution in [2.24, 2.45) is 0 Å². The molecule has 0 saturated carbocycles. The van der Waals surface area contributed by atoms with Gasteiger partial charge in [-0.3, -0.25) is 5.32 Å². The second kappa shape index (κ2) is 5.83. The maximum absolute atomic E-state index is 13.9. The minimum atomic E-state index is -1.06. The molecule has 0 fully saturated rings. The van der Waals surface area contributed by atoms with Crippen LogP contribution in [0.4, 0.5) is 4.39 Å². The minimum absolute atomic E-state index is 0.348. The summed E-state index contributed by atoms with van der Waals surface area (Å²) in [5, 5.41) is 14.5. The standard InChI is InChI=1S/C14H12BrFN2S/c1-14(9-17,18-8-11-3-2-6-19-11)12-7-10(15)4-5-13(12)16/h2-7,18H,8H2,1H3. The van der Waals surface area contributed by atoms with Gasteiger partial charge in [-0.15, -0.1) is 11.3 Å². The van der Waals surface area contributed by atoms with Crippen LogP contribution < -0.4 is 5.32 Å². The van der Waals surface area contributed by atoms with Gasteiger partial charge >= 0.3 is 0 Å². The lowest BCUT2D eigenvalue weighted by Gasteiger charge is -2.24. The quantitative estimate of drug-likeness (QED) is 0.907. The Morgan fingerprint density at radius 3 is 2.89 bits per heavy atom. The van der Waals surface area contributed by atoms with Crippen molar-refractivity contribution in [2.45, 2.75) is 19.0 Å². The van der Waals surface area contributed by atoms with E-state index in [-0.39, 0.29) is 5.82 Å². The Morgan fingerprint density at radius 1 is 1.47 bits per heavy atom. The monoisotopic (exact) mass is 338 g/mol. The number of thiophene rings is 1. The van der Waals surface area contributed by atoms with Crippen molar-refractivity contribution < 1.29 is 4.39 Å². The topological polar surface area (TPSA) is 35.8 Å². The zero-order valence-corrected chi connectivity index (χ0v) is 12.7. The first-order valence-electron chi connectivity index (χ1n) is 5.69. The Hall–Kier alpha value is -1.22. The van der Waals surface area contributed by atoms with Crippen LogP contribution in [0.25, 0.3) is 0 Å². The fourth-order valence-corrected chi connectivity index (χ4v) is 2.76. The molecule has 1 N–H and O–H groups in total. The van der Waals surface area contributed by atoms with Gasteiger partial charge in [-0.25, -0.2) is 4.39 Å². The molecule has 2 aromatic rings. The van der Waals surface area contributed by atoms with Gasteiger partial charge in [0, 0.05) is 21.5 Å². The van der Waals surface area contributed by atoms with Gasteiger partial charge in [-0.1, -0.05) is 22.0 Å². The molecule has 0 saturated heterocycles.